The molecule has 1 aliphatic carbocycles. The van der Waals surface area contributed by atoms with Crippen LogP contribution in [0.1, 0.15) is 63.4 Å². The number of hydrogen-bond donors (Lipinski definition) is 1. The number of thiophene rings is 1. The molecule has 1 heterocycles. The van der Waals surface area contributed by atoms with Gasteiger partial charge in [-0.05, 0) is 63.5 Å². The molecule has 1 N–H and O–H groups in total. The highest BCUT2D eigenvalue weighted by atomic mass is 32.1. The summed E-state index contributed by atoms with van der Waals surface area (Å²) in [4.78, 5) is 15.6. The summed E-state index contributed by atoms with van der Waals surface area (Å²) in [7, 11) is 0. The maximum atomic E-state index is 12.3. The van der Waals surface area contributed by atoms with Gasteiger partial charge in [-0.2, -0.15) is 0 Å². The van der Waals surface area contributed by atoms with Crippen LogP contribution in [0.5, 0.6) is 0 Å². The van der Waals surface area contributed by atoms with Crippen molar-refractivity contribution in [2.24, 2.45) is 0 Å². The Bertz CT molecular complexity index is 507. The van der Waals surface area contributed by atoms with E-state index in [1.165, 1.54) is 29.7 Å². The molecule has 0 saturated carbocycles. The number of ether oxygens (including phenoxy) is 1. The molecule has 1 amide bonds. The molecule has 0 aliphatic heterocycles. The number of nitrogens with one attached hydrogen (secondary N) is 1. The fourth-order valence-corrected chi connectivity index (χ4v) is 3.95. The van der Waals surface area contributed by atoms with Gasteiger partial charge >= 0.3 is 6.09 Å². The van der Waals surface area contributed by atoms with Crippen molar-refractivity contribution in [1.82, 2.24) is 10.2 Å². The fraction of sp³-hybridized carbons (Fsp3) is 0.722. The van der Waals surface area contributed by atoms with E-state index in [0.717, 1.165) is 19.5 Å². The highest BCUT2D eigenvalue weighted by molar-refractivity contribution is 7.10. The molecule has 0 fully saturated rings. The minimum atomic E-state index is -0.439. The van der Waals surface area contributed by atoms with Crippen LogP contribution in [0.2, 0.25) is 0 Å². The molecule has 4 nitrogen and oxygen atoms in total. The number of fused-ring (bicyclic) bond motifs is 1. The first-order chi connectivity index (χ1) is 10.9. The maximum absolute atomic E-state index is 12.3. The van der Waals surface area contributed by atoms with Crippen LogP contribution < -0.4 is 5.32 Å². The molecule has 1 aliphatic rings. The molecule has 0 saturated heterocycles. The van der Waals surface area contributed by atoms with Gasteiger partial charge in [-0.1, -0.05) is 6.92 Å². The van der Waals surface area contributed by atoms with Crippen LogP contribution in [0.4, 0.5) is 4.79 Å². The lowest BCUT2D eigenvalue weighted by Crippen LogP contribution is -2.41. The lowest BCUT2D eigenvalue weighted by Gasteiger charge is -2.29. The quantitative estimate of drug-likeness (QED) is 0.838. The number of rotatable bonds is 6. The van der Waals surface area contributed by atoms with Crippen molar-refractivity contribution in [2.75, 3.05) is 19.6 Å². The number of amides is 1. The smallest absolute Gasteiger partial charge is 0.410 e. The second-order valence-corrected chi connectivity index (χ2v) is 8.17. The molecule has 130 valence electrons. The summed E-state index contributed by atoms with van der Waals surface area (Å²) >= 11 is 1.86. The number of aryl methyl sites for hydroxylation is 1. The third-order valence-corrected chi connectivity index (χ3v) is 4.97. The zero-order chi connectivity index (χ0) is 16.9. The molecule has 0 radical (unpaired) electrons. The number of hydrogen-bond acceptors (Lipinski definition) is 4. The minimum absolute atomic E-state index is 0.207. The lowest BCUT2D eigenvalue weighted by molar-refractivity contribution is 0.0250. The molecule has 5 heteroatoms. The van der Waals surface area contributed by atoms with Crippen molar-refractivity contribution < 1.29 is 9.53 Å². The Hall–Kier alpha value is -1.07. The topological polar surface area (TPSA) is 41.6 Å². The zero-order valence-electron chi connectivity index (χ0n) is 14.9. The molecule has 23 heavy (non-hydrogen) atoms. The molecule has 1 atom stereocenters. The molecule has 0 bridgehead atoms. The summed E-state index contributed by atoms with van der Waals surface area (Å²) in [6.07, 6.45) is 4.38. The minimum Gasteiger partial charge on any atom is -0.444 e. The van der Waals surface area contributed by atoms with Crippen LogP contribution in [-0.2, 0) is 11.2 Å². The Morgan fingerprint density at radius 1 is 1.43 bits per heavy atom. The van der Waals surface area contributed by atoms with Crippen molar-refractivity contribution in [3.63, 3.8) is 0 Å². The largest absolute Gasteiger partial charge is 0.444 e. The second kappa shape index (κ2) is 8.15. The Morgan fingerprint density at radius 3 is 2.91 bits per heavy atom. The standard InChI is InChI=1S/C18H30N2O2S/c1-5-11-20(17(21)22-18(2,3)4)12-10-19-15-7-6-8-16-14(15)9-13-23-16/h9,13,15,19H,5-8,10-12H2,1-4H3. The lowest BCUT2D eigenvalue weighted by atomic mass is 9.94. The van der Waals surface area contributed by atoms with Crippen LogP contribution >= 0.6 is 11.3 Å². The van der Waals surface area contributed by atoms with Gasteiger partial charge in [0.1, 0.15) is 5.60 Å². The van der Waals surface area contributed by atoms with E-state index in [2.05, 4.69) is 23.7 Å². The van der Waals surface area contributed by atoms with Crippen molar-refractivity contribution in [3.05, 3.63) is 21.9 Å². The first-order valence-corrected chi connectivity index (χ1v) is 9.56. The van der Waals surface area contributed by atoms with Crippen LogP contribution in [0, 0.1) is 0 Å². The first kappa shape index (κ1) is 18.3. The van der Waals surface area contributed by atoms with E-state index in [4.69, 9.17) is 4.74 Å². The Morgan fingerprint density at radius 2 is 2.22 bits per heavy atom. The van der Waals surface area contributed by atoms with Crippen molar-refractivity contribution >= 4 is 17.4 Å². The Labute approximate surface area is 144 Å². The van der Waals surface area contributed by atoms with Gasteiger partial charge in [-0.25, -0.2) is 4.79 Å². The molecular formula is C18H30N2O2S. The molecule has 1 aromatic heterocycles. The predicted octanol–water partition coefficient (Wildman–Crippen LogP) is 4.36. The number of carbonyl (C=O) groups excluding carboxylic acids is 1. The summed E-state index contributed by atoms with van der Waals surface area (Å²) < 4.78 is 5.50. The monoisotopic (exact) mass is 338 g/mol. The average molecular weight is 339 g/mol. The number of nitrogens with zero attached hydrogens (tertiary/aromatic N) is 1. The summed E-state index contributed by atoms with van der Waals surface area (Å²) in [6, 6.07) is 2.68. The third-order valence-electron chi connectivity index (χ3n) is 3.97. The van der Waals surface area contributed by atoms with Crippen LogP contribution in [0.3, 0.4) is 0 Å². The summed E-state index contributed by atoms with van der Waals surface area (Å²) in [5.41, 5.74) is 1.02. The van der Waals surface area contributed by atoms with Gasteiger partial charge in [0.25, 0.3) is 0 Å². The van der Waals surface area contributed by atoms with Crippen molar-refractivity contribution in [3.8, 4) is 0 Å². The molecule has 1 unspecified atom stereocenters. The molecular weight excluding hydrogens is 308 g/mol. The van der Waals surface area contributed by atoms with Crippen LogP contribution in [0.15, 0.2) is 11.4 Å². The second-order valence-electron chi connectivity index (χ2n) is 7.17. The molecule has 2 rings (SSSR count). The summed E-state index contributed by atoms with van der Waals surface area (Å²) in [5.74, 6) is 0. The third kappa shape index (κ3) is 5.50. The van der Waals surface area contributed by atoms with Crippen molar-refractivity contribution in [1.29, 1.82) is 0 Å². The first-order valence-electron chi connectivity index (χ1n) is 8.68. The van der Waals surface area contributed by atoms with Gasteiger partial charge in [0, 0.05) is 30.6 Å². The molecule has 0 spiro atoms. The Kier molecular flexibility index (Phi) is 6.48. The van der Waals surface area contributed by atoms with E-state index in [1.807, 2.05) is 37.0 Å². The van der Waals surface area contributed by atoms with Gasteiger partial charge in [0.15, 0.2) is 0 Å². The predicted molar refractivity (Wildman–Crippen MR) is 96.1 cm³/mol. The average Bonchev–Trinajstić information content (AvgIpc) is 2.93. The number of carbonyl (C=O) groups is 1. The van der Waals surface area contributed by atoms with Gasteiger partial charge in [0.2, 0.25) is 0 Å². The van der Waals surface area contributed by atoms with Gasteiger partial charge in [-0.3, -0.25) is 0 Å². The summed E-state index contributed by atoms with van der Waals surface area (Å²) in [5, 5.41) is 5.82. The maximum Gasteiger partial charge on any atom is 0.410 e. The molecule has 0 aromatic carbocycles. The van der Waals surface area contributed by atoms with E-state index < -0.39 is 5.60 Å². The highest BCUT2D eigenvalue weighted by Gasteiger charge is 2.23. The normalized spacial score (nSPS) is 17.7. The Balaban J connectivity index is 1.84. The van der Waals surface area contributed by atoms with Crippen molar-refractivity contribution in [2.45, 2.75) is 65.0 Å². The van der Waals surface area contributed by atoms with Gasteiger partial charge in [-0.15, -0.1) is 11.3 Å². The van der Waals surface area contributed by atoms with E-state index in [1.54, 1.807) is 0 Å². The van der Waals surface area contributed by atoms with E-state index in [9.17, 15) is 4.79 Å². The SMILES string of the molecule is CCCN(CCNC1CCCc2sccc21)C(=O)OC(C)(C)C. The highest BCUT2D eigenvalue weighted by Crippen LogP contribution is 2.33. The van der Waals surface area contributed by atoms with E-state index in [-0.39, 0.29) is 6.09 Å². The fourth-order valence-electron chi connectivity index (χ4n) is 2.96. The molecule has 1 aromatic rings. The van der Waals surface area contributed by atoms with Crippen LogP contribution in [-0.4, -0.2) is 36.2 Å². The van der Waals surface area contributed by atoms with Crippen LogP contribution in [0.25, 0.3) is 0 Å². The summed E-state index contributed by atoms with van der Waals surface area (Å²) in [6.45, 7) is 10.1. The van der Waals surface area contributed by atoms with Gasteiger partial charge < -0.3 is 15.0 Å². The zero-order valence-corrected chi connectivity index (χ0v) is 15.7. The van der Waals surface area contributed by atoms with Gasteiger partial charge in [0.05, 0.1) is 0 Å². The van der Waals surface area contributed by atoms with E-state index in [0.29, 0.717) is 12.6 Å². The van der Waals surface area contributed by atoms with E-state index >= 15 is 0 Å².